The Labute approximate surface area is 270 Å². The maximum atomic E-state index is 13.5. The van der Waals surface area contributed by atoms with Gasteiger partial charge in [0, 0.05) is 32.5 Å². The van der Waals surface area contributed by atoms with E-state index in [0.29, 0.717) is 19.4 Å². The Hall–Kier alpha value is -1.38. The van der Waals surface area contributed by atoms with Gasteiger partial charge in [0.15, 0.2) is 12.4 Å². The molecule has 264 valence electrons. The van der Waals surface area contributed by atoms with E-state index in [9.17, 15) is 24.9 Å². The van der Waals surface area contributed by atoms with Gasteiger partial charge in [-0.2, -0.15) is 0 Å². The highest BCUT2D eigenvalue weighted by atomic mass is 16.7. The van der Waals surface area contributed by atoms with Crippen LogP contribution >= 0.6 is 0 Å². The first-order chi connectivity index (χ1) is 20.7. The molecule has 0 saturated carbocycles. The van der Waals surface area contributed by atoms with Crippen LogP contribution in [0.25, 0.3) is 0 Å². The highest BCUT2D eigenvalue weighted by Gasteiger charge is 2.51. The van der Waals surface area contributed by atoms with Gasteiger partial charge in [-0.1, -0.05) is 20.8 Å². The molecular formula is C33H62N2O10. The van der Waals surface area contributed by atoms with Gasteiger partial charge >= 0.3 is 11.9 Å². The van der Waals surface area contributed by atoms with E-state index in [1.807, 2.05) is 51.7 Å². The van der Waals surface area contributed by atoms with E-state index in [0.717, 1.165) is 0 Å². The number of aliphatic hydroxyl groups is 3. The molecular weight excluding hydrogens is 584 g/mol. The minimum absolute atomic E-state index is 0.00221. The van der Waals surface area contributed by atoms with Crippen LogP contribution in [-0.4, -0.2) is 138 Å². The molecule has 0 aromatic carbocycles. The Morgan fingerprint density at radius 2 is 1.73 bits per heavy atom. The van der Waals surface area contributed by atoms with Crippen LogP contribution in [0.4, 0.5) is 0 Å². The first kappa shape index (κ1) is 39.8. The quantitative estimate of drug-likeness (QED) is 0.364. The summed E-state index contributed by atoms with van der Waals surface area (Å²) in [4.78, 5) is 29.7. The molecule has 2 saturated heterocycles. The number of carbonyl (C=O) groups excluding carboxylic acids is 2. The number of hydrogen-bond acceptors (Lipinski definition) is 12. The third-order valence-electron chi connectivity index (χ3n) is 10.2. The van der Waals surface area contributed by atoms with E-state index in [1.165, 1.54) is 13.8 Å². The lowest BCUT2D eigenvalue weighted by Gasteiger charge is -2.48. The minimum atomic E-state index is -1.74. The Balaban J connectivity index is 2.64. The zero-order chi connectivity index (χ0) is 34.6. The zero-order valence-corrected chi connectivity index (χ0v) is 29.9. The lowest BCUT2D eigenvalue weighted by molar-refractivity contribution is -0.303. The molecule has 0 bridgehead atoms. The SMILES string of the molecule is CC[C@H]1OC(=O)[C@H](C)C(O)[C@H](C)C(OC2O[C@H](C)CC(N(C)C)C2OC(C)=O)[C@](C)(OC)C[C@@H](C)CN(C)[C@H](C)C(O)[C@]1(C)O. The first-order valence-corrected chi connectivity index (χ1v) is 16.4. The number of carbonyl (C=O) groups is 2. The van der Waals surface area contributed by atoms with E-state index < -0.39 is 77.8 Å². The summed E-state index contributed by atoms with van der Waals surface area (Å²) in [5, 5.41) is 34.4. The third-order valence-corrected chi connectivity index (χ3v) is 10.2. The number of cyclic esters (lactones) is 1. The van der Waals surface area contributed by atoms with Crippen molar-refractivity contribution in [1.29, 1.82) is 0 Å². The molecule has 14 atom stereocenters. The molecule has 6 unspecified atom stereocenters. The molecule has 12 nitrogen and oxygen atoms in total. The van der Waals surface area contributed by atoms with Crippen LogP contribution in [0.5, 0.6) is 0 Å². The van der Waals surface area contributed by atoms with E-state index >= 15 is 0 Å². The van der Waals surface area contributed by atoms with Crippen molar-refractivity contribution in [3.8, 4) is 0 Å². The fourth-order valence-electron chi connectivity index (χ4n) is 7.21. The van der Waals surface area contributed by atoms with Crippen molar-refractivity contribution >= 4 is 11.9 Å². The number of esters is 2. The minimum Gasteiger partial charge on any atom is -0.459 e. The molecule has 0 aromatic heterocycles. The molecule has 2 fully saturated rings. The van der Waals surface area contributed by atoms with Gasteiger partial charge in [0.2, 0.25) is 0 Å². The standard InChI is InChI=1S/C33H62N2O10/c1-14-25-33(9,40)28(38)22(6)35(12)17-18(2)16-32(8,41-13)29(20(4)26(37)21(5)30(39)44-25)45-31-27(43-23(7)36)24(34(10)11)15-19(3)42-31/h18-22,24-29,31,37-38,40H,14-17H2,1-13H3/t18-,19-,20+,21-,22-,24?,25-,26?,27?,28?,29?,31?,32-,33-/m1/s1. The maximum absolute atomic E-state index is 13.5. The number of nitrogens with zero attached hydrogens (tertiary/aromatic N) is 2. The lowest BCUT2D eigenvalue weighted by atomic mass is 9.77. The average molecular weight is 647 g/mol. The number of hydrogen-bond donors (Lipinski definition) is 3. The number of ether oxygens (including phenoxy) is 5. The molecule has 45 heavy (non-hydrogen) atoms. The molecule has 2 rings (SSSR count). The summed E-state index contributed by atoms with van der Waals surface area (Å²) < 4.78 is 30.8. The molecule has 2 aliphatic rings. The average Bonchev–Trinajstić information content (AvgIpc) is 2.96. The Bertz CT molecular complexity index is 966. The molecule has 0 aliphatic carbocycles. The summed E-state index contributed by atoms with van der Waals surface area (Å²) in [5.41, 5.74) is -2.74. The van der Waals surface area contributed by atoms with Gasteiger partial charge in [-0.05, 0) is 80.9 Å². The van der Waals surface area contributed by atoms with Gasteiger partial charge in [0.1, 0.15) is 17.8 Å². The van der Waals surface area contributed by atoms with E-state index in [-0.39, 0.29) is 24.5 Å². The van der Waals surface area contributed by atoms with Crippen LogP contribution in [0, 0.1) is 17.8 Å². The van der Waals surface area contributed by atoms with Crippen molar-refractivity contribution in [2.45, 2.75) is 148 Å². The van der Waals surface area contributed by atoms with Crippen molar-refractivity contribution in [1.82, 2.24) is 9.80 Å². The summed E-state index contributed by atoms with van der Waals surface area (Å²) in [6, 6.07) is -0.667. The van der Waals surface area contributed by atoms with Crippen molar-refractivity contribution < 1.29 is 48.6 Å². The largest absolute Gasteiger partial charge is 0.459 e. The summed E-state index contributed by atoms with van der Waals surface area (Å²) in [6.07, 6.45) is -4.89. The number of rotatable bonds is 6. The van der Waals surface area contributed by atoms with Crippen molar-refractivity contribution in [3.63, 3.8) is 0 Å². The molecule has 0 aromatic rings. The summed E-state index contributed by atoms with van der Waals surface area (Å²) in [5.74, 6) is -2.86. The van der Waals surface area contributed by atoms with Gasteiger partial charge in [-0.25, -0.2) is 0 Å². The second-order valence-corrected chi connectivity index (χ2v) is 14.4. The number of aliphatic hydroxyl groups excluding tert-OH is 2. The highest BCUT2D eigenvalue weighted by Crippen LogP contribution is 2.38. The number of likely N-dealkylation sites (N-methyl/N-ethyl adjacent to an activating group) is 2. The number of methoxy groups -OCH3 is 1. The van der Waals surface area contributed by atoms with Crippen LogP contribution in [-0.2, 0) is 33.3 Å². The summed E-state index contributed by atoms with van der Waals surface area (Å²) >= 11 is 0. The predicted molar refractivity (Wildman–Crippen MR) is 169 cm³/mol. The van der Waals surface area contributed by atoms with E-state index in [4.69, 9.17) is 23.7 Å². The van der Waals surface area contributed by atoms with Crippen LogP contribution < -0.4 is 0 Å². The highest BCUT2D eigenvalue weighted by molar-refractivity contribution is 5.73. The van der Waals surface area contributed by atoms with Gasteiger partial charge in [0.25, 0.3) is 0 Å². The van der Waals surface area contributed by atoms with Crippen molar-refractivity contribution in [3.05, 3.63) is 0 Å². The molecule has 2 heterocycles. The molecule has 12 heteroatoms. The smallest absolute Gasteiger partial charge is 0.311 e. The van der Waals surface area contributed by atoms with E-state index in [2.05, 4.69) is 6.92 Å². The fraction of sp³-hybridized carbons (Fsp3) is 0.939. The molecule has 0 radical (unpaired) electrons. The summed E-state index contributed by atoms with van der Waals surface area (Å²) in [6.45, 7) is 16.2. The second-order valence-electron chi connectivity index (χ2n) is 14.4. The first-order valence-electron chi connectivity index (χ1n) is 16.4. The van der Waals surface area contributed by atoms with Crippen LogP contribution in [0.3, 0.4) is 0 Å². The van der Waals surface area contributed by atoms with E-state index in [1.54, 1.807) is 27.9 Å². The lowest BCUT2D eigenvalue weighted by Crippen LogP contribution is -2.60. The zero-order valence-electron chi connectivity index (χ0n) is 29.9. The van der Waals surface area contributed by atoms with Crippen LogP contribution in [0.15, 0.2) is 0 Å². The normalized spacial score (nSPS) is 45.0. The Kier molecular flexibility index (Phi) is 14.3. The predicted octanol–water partition coefficient (Wildman–Crippen LogP) is 2.20. The molecule has 2 aliphatic heterocycles. The monoisotopic (exact) mass is 646 g/mol. The van der Waals surface area contributed by atoms with Crippen molar-refractivity contribution in [2.24, 2.45) is 17.8 Å². The van der Waals surface area contributed by atoms with Gasteiger partial charge in [0.05, 0.1) is 35.9 Å². The fourth-order valence-corrected chi connectivity index (χ4v) is 7.21. The van der Waals surface area contributed by atoms with Crippen LogP contribution in [0.2, 0.25) is 0 Å². The van der Waals surface area contributed by atoms with Crippen LogP contribution in [0.1, 0.15) is 81.6 Å². The van der Waals surface area contributed by atoms with Gasteiger partial charge in [-0.15, -0.1) is 0 Å². The van der Waals surface area contributed by atoms with Gasteiger partial charge < -0.3 is 48.8 Å². The molecule has 0 spiro atoms. The van der Waals surface area contributed by atoms with Crippen molar-refractivity contribution in [2.75, 3.05) is 34.8 Å². The Morgan fingerprint density at radius 3 is 2.24 bits per heavy atom. The third kappa shape index (κ3) is 9.37. The molecule has 3 N–H and O–H groups in total. The topological polar surface area (TPSA) is 147 Å². The second kappa shape index (κ2) is 16.1. The van der Waals surface area contributed by atoms with Gasteiger partial charge in [-0.3, -0.25) is 9.59 Å². The Morgan fingerprint density at radius 1 is 1.13 bits per heavy atom. The molecule has 0 amide bonds. The summed E-state index contributed by atoms with van der Waals surface area (Å²) in [7, 11) is 7.29. The maximum Gasteiger partial charge on any atom is 0.311 e.